The van der Waals surface area contributed by atoms with Crippen LogP contribution >= 0.6 is 0 Å². The second-order valence-corrected chi connectivity index (χ2v) is 5.54. The highest BCUT2D eigenvalue weighted by atomic mass is 15.2. The standard InChI is InChI=1S/C15H17N5/c1-2-13-6-11(7-14(3-1)19-13)12-8-17-15(18-9-12)20-5-4-16-10-20/h4-6,8-10,13-14,19H,1-3,7H2. The summed E-state index contributed by atoms with van der Waals surface area (Å²) in [5, 5.41) is 3.66. The third-order valence-electron chi connectivity index (χ3n) is 4.13. The summed E-state index contributed by atoms with van der Waals surface area (Å²) in [4.78, 5) is 12.9. The van der Waals surface area contributed by atoms with Crippen molar-refractivity contribution in [2.45, 2.75) is 37.8 Å². The van der Waals surface area contributed by atoms with Gasteiger partial charge in [0.15, 0.2) is 0 Å². The van der Waals surface area contributed by atoms with Crippen LogP contribution in [0.25, 0.3) is 11.5 Å². The van der Waals surface area contributed by atoms with Crippen molar-refractivity contribution in [2.24, 2.45) is 0 Å². The number of nitrogens with one attached hydrogen (secondary N) is 1. The molecule has 1 fully saturated rings. The average Bonchev–Trinajstić information content (AvgIpc) is 3.01. The molecule has 2 aromatic rings. The Morgan fingerprint density at radius 2 is 2.10 bits per heavy atom. The van der Waals surface area contributed by atoms with Crippen LogP contribution in [0.15, 0.2) is 37.2 Å². The van der Waals surface area contributed by atoms with Gasteiger partial charge in [0, 0.05) is 42.4 Å². The number of piperidine rings is 1. The van der Waals surface area contributed by atoms with E-state index in [1.165, 1.54) is 24.8 Å². The molecule has 0 aliphatic carbocycles. The Bertz CT molecular complexity index is 614. The highest BCUT2D eigenvalue weighted by molar-refractivity contribution is 5.66. The summed E-state index contributed by atoms with van der Waals surface area (Å²) >= 11 is 0. The van der Waals surface area contributed by atoms with Crippen molar-refractivity contribution >= 4 is 5.57 Å². The number of hydrogen-bond acceptors (Lipinski definition) is 4. The zero-order valence-electron chi connectivity index (χ0n) is 11.2. The summed E-state index contributed by atoms with van der Waals surface area (Å²) in [7, 11) is 0. The van der Waals surface area contributed by atoms with Crippen LogP contribution in [0.1, 0.15) is 31.2 Å². The van der Waals surface area contributed by atoms with Crippen molar-refractivity contribution in [2.75, 3.05) is 0 Å². The Balaban J connectivity index is 1.61. The van der Waals surface area contributed by atoms with Crippen LogP contribution in [0, 0.1) is 0 Å². The maximum Gasteiger partial charge on any atom is 0.234 e. The Morgan fingerprint density at radius 1 is 1.20 bits per heavy atom. The number of hydrogen-bond donors (Lipinski definition) is 1. The summed E-state index contributed by atoms with van der Waals surface area (Å²) in [6, 6.07) is 1.16. The Hall–Kier alpha value is -2.01. The monoisotopic (exact) mass is 267 g/mol. The van der Waals surface area contributed by atoms with E-state index in [0.717, 1.165) is 12.0 Å². The van der Waals surface area contributed by atoms with Gasteiger partial charge in [-0.05, 0) is 24.8 Å². The van der Waals surface area contributed by atoms with Crippen LogP contribution in [-0.4, -0.2) is 31.6 Å². The molecule has 0 spiro atoms. The molecule has 102 valence electrons. The van der Waals surface area contributed by atoms with Crippen molar-refractivity contribution < 1.29 is 0 Å². The predicted octanol–water partition coefficient (Wildman–Crippen LogP) is 1.96. The minimum absolute atomic E-state index is 0.533. The van der Waals surface area contributed by atoms with E-state index in [0.29, 0.717) is 18.0 Å². The van der Waals surface area contributed by atoms with Crippen molar-refractivity contribution in [3.8, 4) is 5.95 Å². The van der Waals surface area contributed by atoms with Gasteiger partial charge < -0.3 is 5.32 Å². The molecule has 2 unspecified atom stereocenters. The Morgan fingerprint density at radius 3 is 2.85 bits per heavy atom. The lowest BCUT2D eigenvalue weighted by Gasteiger charge is -2.35. The minimum Gasteiger partial charge on any atom is -0.307 e. The molecule has 5 heteroatoms. The summed E-state index contributed by atoms with van der Waals surface area (Å²) in [5.41, 5.74) is 2.53. The maximum absolute atomic E-state index is 4.44. The molecule has 2 aromatic heterocycles. The minimum atomic E-state index is 0.533. The van der Waals surface area contributed by atoms with Gasteiger partial charge in [-0.1, -0.05) is 12.5 Å². The molecule has 20 heavy (non-hydrogen) atoms. The highest BCUT2D eigenvalue weighted by Gasteiger charge is 2.26. The Kier molecular flexibility index (Phi) is 2.85. The molecule has 0 radical (unpaired) electrons. The first kappa shape index (κ1) is 11.8. The summed E-state index contributed by atoms with van der Waals surface area (Å²) in [5.74, 6) is 0.668. The van der Waals surface area contributed by atoms with E-state index in [9.17, 15) is 0 Å². The molecule has 5 nitrogen and oxygen atoms in total. The zero-order chi connectivity index (χ0) is 13.4. The van der Waals surface area contributed by atoms with Crippen molar-refractivity contribution in [3.05, 3.63) is 42.8 Å². The third-order valence-corrected chi connectivity index (χ3v) is 4.13. The summed E-state index contributed by atoms with van der Waals surface area (Å²) in [6.07, 6.45) is 16.4. The summed E-state index contributed by atoms with van der Waals surface area (Å²) < 4.78 is 1.81. The molecule has 2 bridgehead atoms. The lowest BCUT2D eigenvalue weighted by Crippen LogP contribution is -2.44. The van der Waals surface area contributed by atoms with E-state index in [1.54, 1.807) is 12.5 Å². The van der Waals surface area contributed by atoms with Gasteiger partial charge in [-0.15, -0.1) is 0 Å². The van der Waals surface area contributed by atoms with Crippen LogP contribution in [0.2, 0.25) is 0 Å². The first-order valence-corrected chi connectivity index (χ1v) is 7.16. The molecule has 2 aliphatic heterocycles. The van der Waals surface area contributed by atoms with Gasteiger partial charge in [0.05, 0.1) is 0 Å². The van der Waals surface area contributed by atoms with E-state index in [4.69, 9.17) is 0 Å². The second-order valence-electron chi connectivity index (χ2n) is 5.54. The molecule has 0 aromatic carbocycles. The van der Waals surface area contributed by atoms with Gasteiger partial charge in [0.25, 0.3) is 0 Å². The normalized spacial score (nSPS) is 25.3. The molecule has 0 amide bonds. The van der Waals surface area contributed by atoms with E-state index in [-0.39, 0.29) is 0 Å². The molecular formula is C15H17N5. The van der Waals surface area contributed by atoms with E-state index in [1.807, 2.05) is 23.2 Å². The lowest BCUT2D eigenvalue weighted by molar-refractivity contribution is 0.348. The lowest BCUT2D eigenvalue weighted by atomic mass is 9.85. The first-order chi connectivity index (χ1) is 9.88. The molecule has 1 saturated heterocycles. The van der Waals surface area contributed by atoms with Crippen LogP contribution in [0.3, 0.4) is 0 Å². The largest absolute Gasteiger partial charge is 0.307 e. The van der Waals surface area contributed by atoms with Gasteiger partial charge in [0.2, 0.25) is 5.95 Å². The van der Waals surface area contributed by atoms with Crippen LogP contribution in [0.4, 0.5) is 0 Å². The van der Waals surface area contributed by atoms with Gasteiger partial charge in [0.1, 0.15) is 6.33 Å². The first-order valence-electron chi connectivity index (χ1n) is 7.16. The van der Waals surface area contributed by atoms with Gasteiger partial charge in [-0.25, -0.2) is 15.0 Å². The van der Waals surface area contributed by atoms with Crippen LogP contribution < -0.4 is 5.32 Å². The van der Waals surface area contributed by atoms with Crippen LogP contribution in [-0.2, 0) is 0 Å². The smallest absolute Gasteiger partial charge is 0.234 e. The quantitative estimate of drug-likeness (QED) is 0.903. The third kappa shape index (κ3) is 2.14. The molecule has 4 heterocycles. The highest BCUT2D eigenvalue weighted by Crippen LogP contribution is 2.30. The molecule has 2 aliphatic rings. The maximum atomic E-state index is 4.44. The fraction of sp³-hybridized carbons (Fsp3) is 0.400. The molecular weight excluding hydrogens is 250 g/mol. The predicted molar refractivity (Wildman–Crippen MR) is 76.3 cm³/mol. The number of rotatable bonds is 2. The van der Waals surface area contributed by atoms with E-state index in [2.05, 4.69) is 26.3 Å². The fourth-order valence-corrected chi connectivity index (χ4v) is 3.13. The topological polar surface area (TPSA) is 55.6 Å². The Labute approximate surface area is 117 Å². The van der Waals surface area contributed by atoms with Crippen molar-refractivity contribution in [3.63, 3.8) is 0 Å². The summed E-state index contributed by atoms with van der Waals surface area (Å²) in [6.45, 7) is 0. The molecule has 1 N–H and O–H groups in total. The number of nitrogens with zero attached hydrogens (tertiary/aromatic N) is 4. The SMILES string of the molecule is C1=C(c2cnc(-n3ccnc3)nc2)CC2CCCC1N2. The molecule has 2 atom stereocenters. The van der Waals surface area contributed by atoms with E-state index >= 15 is 0 Å². The molecule has 4 rings (SSSR count). The number of aromatic nitrogens is 4. The van der Waals surface area contributed by atoms with Gasteiger partial charge in [-0.3, -0.25) is 4.57 Å². The van der Waals surface area contributed by atoms with Crippen molar-refractivity contribution in [1.29, 1.82) is 0 Å². The van der Waals surface area contributed by atoms with Gasteiger partial charge >= 0.3 is 0 Å². The second kappa shape index (κ2) is 4.83. The molecule has 0 saturated carbocycles. The fourth-order valence-electron chi connectivity index (χ4n) is 3.13. The van der Waals surface area contributed by atoms with Crippen molar-refractivity contribution in [1.82, 2.24) is 24.8 Å². The zero-order valence-corrected chi connectivity index (χ0v) is 11.2. The van der Waals surface area contributed by atoms with E-state index < -0.39 is 0 Å². The average molecular weight is 267 g/mol. The number of fused-ring (bicyclic) bond motifs is 2. The van der Waals surface area contributed by atoms with Crippen LogP contribution in [0.5, 0.6) is 0 Å². The van der Waals surface area contributed by atoms with Gasteiger partial charge in [-0.2, -0.15) is 0 Å². The number of imidazole rings is 1.